The van der Waals surface area contributed by atoms with Crippen LogP contribution < -0.4 is 0 Å². The summed E-state index contributed by atoms with van der Waals surface area (Å²) in [7, 11) is 0. The fraction of sp³-hybridized carbons (Fsp3) is 0.429. The molecule has 0 spiro atoms. The average molecular weight is 258 g/mol. The minimum absolute atomic E-state index is 0.0270. The molecular formula is C14H18N4O. The maximum absolute atomic E-state index is 12.6. The summed E-state index contributed by atoms with van der Waals surface area (Å²) in [5.74, 6) is -0.0270. The van der Waals surface area contributed by atoms with E-state index in [-0.39, 0.29) is 5.78 Å². The van der Waals surface area contributed by atoms with Gasteiger partial charge in [-0.15, -0.1) is 0 Å². The number of hydrogen-bond acceptors (Lipinski definition) is 4. The van der Waals surface area contributed by atoms with Crippen molar-refractivity contribution in [1.82, 2.24) is 20.0 Å². The molecule has 0 aromatic carbocycles. The summed E-state index contributed by atoms with van der Waals surface area (Å²) in [6, 6.07) is 3.56. The lowest BCUT2D eigenvalue weighted by molar-refractivity contribution is 0.102. The fourth-order valence-electron chi connectivity index (χ4n) is 2.03. The molecule has 19 heavy (non-hydrogen) atoms. The van der Waals surface area contributed by atoms with Crippen molar-refractivity contribution < 1.29 is 4.79 Å². The molecule has 0 aliphatic heterocycles. The summed E-state index contributed by atoms with van der Waals surface area (Å²) in [5.41, 5.74) is 2.73. The fourth-order valence-corrected chi connectivity index (χ4v) is 2.03. The molecule has 0 aliphatic rings. The molecule has 5 heteroatoms. The summed E-state index contributed by atoms with van der Waals surface area (Å²) in [6.07, 6.45) is 3.29. The van der Waals surface area contributed by atoms with E-state index in [2.05, 4.69) is 22.2 Å². The smallest absolute Gasteiger partial charge is 0.212 e. The van der Waals surface area contributed by atoms with Gasteiger partial charge in [0.15, 0.2) is 0 Å². The second-order valence-electron chi connectivity index (χ2n) is 4.47. The molecule has 2 aromatic rings. The Bertz CT molecular complexity index is 589. The Kier molecular flexibility index (Phi) is 4.04. The highest BCUT2D eigenvalue weighted by molar-refractivity contribution is 6.08. The number of aryl methyl sites for hydroxylation is 3. The number of ketones is 1. The minimum Gasteiger partial charge on any atom is -0.287 e. The van der Waals surface area contributed by atoms with Gasteiger partial charge in [-0.25, -0.2) is 0 Å². The highest BCUT2D eigenvalue weighted by Gasteiger charge is 2.18. The average Bonchev–Trinajstić information content (AvgIpc) is 2.86. The molecule has 2 aromatic heterocycles. The Morgan fingerprint density at radius 3 is 2.79 bits per heavy atom. The van der Waals surface area contributed by atoms with Crippen molar-refractivity contribution in [3.05, 3.63) is 41.0 Å². The van der Waals surface area contributed by atoms with E-state index in [1.165, 1.54) is 0 Å². The van der Waals surface area contributed by atoms with E-state index in [1.54, 1.807) is 23.0 Å². The van der Waals surface area contributed by atoms with Gasteiger partial charge in [-0.2, -0.15) is 15.3 Å². The predicted molar refractivity (Wildman–Crippen MR) is 72.1 cm³/mol. The normalized spacial score (nSPS) is 10.7. The van der Waals surface area contributed by atoms with Crippen molar-refractivity contribution in [1.29, 1.82) is 0 Å². The van der Waals surface area contributed by atoms with Crippen LogP contribution in [0.5, 0.6) is 0 Å². The van der Waals surface area contributed by atoms with Crippen molar-refractivity contribution in [2.75, 3.05) is 0 Å². The second kappa shape index (κ2) is 5.73. The summed E-state index contributed by atoms with van der Waals surface area (Å²) in [5, 5.41) is 12.3. The molecule has 100 valence electrons. The van der Waals surface area contributed by atoms with Crippen LogP contribution in [0.2, 0.25) is 0 Å². The topological polar surface area (TPSA) is 60.7 Å². The van der Waals surface area contributed by atoms with E-state index >= 15 is 0 Å². The molecule has 0 amide bonds. The number of hydrogen-bond donors (Lipinski definition) is 0. The molecule has 0 fully saturated rings. The zero-order valence-corrected chi connectivity index (χ0v) is 11.6. The number of carbonyl (C=O) groups is 1. The standard InChI is InChI=1S/C14H18N4O/c1-4-8-18-13(6-7-15-18)14(19)11-9-10(3)16-17-12(11)5-2/h6-7,9H,4-5,8H2,1-3H3. The van der Waals surface area contributed by atoms with Crippen LogP contribution in [0.3, 0.4) is 0 Å². The quantitative estimate of drug-likeness (QED) is 0.771. The third-order valence-corrected chi connectivity index (χ3v) is 2.96. The highest BCUT2D eigenvalue weighted by Crippen LogP contribution is 2.14. The zero-order valence-electron chi connectivity index (χ0n) is 11.6. The maximum Gasteiger partial charge on any atom is 0.212 e. The van der Waals surface area contributed by atoms with Gasteiger partial charge in [-0.05, 0) is 31.9 Å². The summed E-state index contributed by atoms with van der Waals surface area (Å²) in [4.78, 5) is 12.6. The van der Waals surface area contributed by atoms with E-state index < -0.39 is 0 Å². The summed E-state index contributed by atoms with van der Waals surface area (Å²) >= 11 is 0. The highest BCUT2D eigenvalue weighted by atomic mass is 16.1. The van der Waals surface area contributed by atoms with E-state index in [4.69, 9.17) is 0 Å². The van der Waals surface area contributed by atoms with E-state index in [1.807, 2.05) is 13.8 Å². The van der Waals surface area contributed by atoms with Crippen molar-refractivity contribution >= 4 is 5.78 Å². The first-order valence-electron chi connectivity index (χ1n) is 6.57. The van der Waals surface area contributed by atoms with Crippen LogP contribution in [0, 0.1) is 6.92 Å². The molecule has 0 bridgehead atoms. The summed E-state index contributed by atoms with van der Waals surface area (Å²) < 4.78 is 1.75. The third kappa shape index (κ3) is 2.70. The van der Waals surface area contributed by atoms with Gasteiger partial charge in [0, 0.05) is 18.3 Å². The van der Waals surface area contributed by atoms with Crippen molar-refractivity contribution in [3.63, 3.8) is 0 Å². The van der Waals surface area contributed by atoms with Gasteiger partial charge in [0.25, 0.3) is 0 Å². The molecule has 2 heterocycles. The molecule has 0 radical (unpaired) electrons. The van der Waals surface area contributed by atoms with Crippen LogP contribution in [0.1, 0.15) is 47.7 Å². The predicted octanol–water partition coefficient (Wildman–Crippen LogP) is 2.18. The largest absolute Gasteiger partial charge is 0.287 e. The Labute approximate surface area is 112 Å². The van der Waals surface area contributed by atoms with Gasteiger partial charge >= 0.3 is 0 Å². The molecule has 0 aliphatic carbocycles. The van der Waals surface area contributed by atoms with Gasteiger partial charge in [-0.3, -0.25) is 9.48 Å². The molecule has 0 atom stereocenters. The van der Waals surface area contributed by atoms with Gasteiger partial charge in [0.1, 0.15) is 5.69 Å². The minimum atomic E-state index is -0.0270. The first-order valence-corrected chi connectivity index (χ1v) is 6.57. The SMILES string of the molecule is CCCn1nccc1C(=O)c1cc(C)nnc1CC. The first kappa shape index (κ1) is 13.4. The molecule has 0 saturated carbocycles. The Hall–Kier alpha value is -2.04. The molecule has 0 unspecified atom stereocenters. The number of rotatable bonds is 5. The van der Waals surface area contributed by atoms with Gasteiger partial charge in [0.05, 0.1) is 11.4 Å². The summed E-state index contributed by atoms with van der Waals surface area (Å²) in [6.45, 7) is 6.62. The van der Waals surface area contributed by atoms with Gasteiger partial charge < -0.3 is 0 Å². The molecule has 0 saturated heterocycles. The Morgan fingerprint density at radius 1 is 1.32 bits per heavy atom. The van der Waals surface area contributed by atoms with E-state index in [0.29, 0.717) is 17.7 Å². The lowest BCUT2D eigenvalue weighted by Gasteiger charge is -2.08. The Balaban J connectivity index is 2.43. The second-order valence-corrected chi connectivity index (χ2v) is 4.47. The van der Waals surface area contributed by atoms with Gasteiger partial charge in [-0.1, -0.05) is 13.8 Å². The maximum atomic E-state index is 12.6. The zero-order chi connectivity index (χ0) is 13.8. The van der Waals surface area contributed by atoms with Crippen LogP contribution >= 0.6 is 0 Å². The van der Waals surface area contributed by atoms with Gasteiger partial charge in [0.2, 0.25) is 5.78 Å². The monoisotopic (exact) mass is 258 g/mol. The van der Waals surface area contributed by atoms with Crippen LogP contribution in [-0.2, 0) is 13.0 Å². The lowest BCUT2D eigenvalue weighted by atomic mass is 10.0. The molecule has 5 nitrogen and oxygen atoms in total. The van der Waals surface area contributed by atoms with Crippen LogP contribution in [-0.4, -0.2) is 25.8 Å². The van der Waals surface area contributed by atoms with Crippen LogP contribution in [0.25, 0.3) is 0 Å². The number of carbonyl (C=O) groups excluding carboxylic acids is 1. The lowest BCUT2D eigenvalue weighted by Crippen LogP contribution is -2.14. The van der Waals surface area contributed by atoms with Crippen LogP contribution in [0.4, 0.5) is 0 Å². The molecule has 0 N–H and O–H groups in total. The van der Waals surface area contributed by atoms with Crippen molar-refractivity contribution in [2.24, 2.45) is 0 Å². The van der Waals surface area contributed by atoms with E-state index in [0.717, 1.165) is 24.4 Å². The molecular weight excluding hydrogens is 240 g/mol. The molecule has 2 rings (SSSR count). The van der Waals surface area contributed by atoms with Crippen molar-refractivity contribution in [2.45, 2.75) is 40.2 Å². The van der Waals surface area contributed by atoms with Crippen molar-refractivity contribution in [3.8, 4) is 0 Å². The number of aromatic nitrogens is 4. The van der Waals surface area contributed by atoms with E-state index in [9.17, 15) is 4.79 Å². The first-order chi connectivity index (χ1) is 9.17. The Morgan fingerprint density at radius 2 is 2.11 bits per heavy atom. The van der Waals surface area contributed by atoms with Crippen LogP contribution in [0.15, 0.2) is 18.3 Å². The number of nitrogens with zero attached hydrogens (tertiary/aromatic N) is 4. The third-order valence-electron chi connectivity index (χ3n) is 2.96.